The Morgan fingerprint density at radius 3 is 2.10 bits per heavy atom. The van der Waals surface area contributed by atoms with Crippen molar-refractivity contribution in [1.29, 1.82) is 0 Å². The van der Waals surface area contributed by atoms with Crippen LogP contribution in [0.1, 0.15) is 12.0 Å². The van der Waals surface area contributed by atoms with Crippen LogP contribution >= 0.6 is 0 Å². The van der Waals surface area contributed by atoms with Crippen LogP contribution in [0.2, 0.25) is 0 Å². The Balaban J connectivity index is 1.91. The monoisotopic (exact) mass is 308 g/mol. The van der Waals surface area contributed by atoms with Crippen molar-refractivity contribution in [3.63, 3.8) is 0 Å². The highest BCUT2D eigenvalue weighted by molar-refractivity contribution is 7.89. The molecule has 112 valence electrons. The number of hydrogen-bond donors (Lipinski definition) is 1. The van der Waals surface area contributed by atoms with Crippen molar-refractivity contribution in [1.82, 2.24) is 9.62 Å². The fraction of sp³-hybridized carbons (Fsp3) is 0.429. The van der Waals surface area contributed by atoms with Crippen molar-refractivity contribution >= 4 is 21.8 Å². The third-order valence-electron chi connectivity index (χ3n) is 4.06. The van der Waals surface area contributed by atoms with Crippen LogP contribution in [0.4, 0.5) is 0 Å². The summed E-state index contributed by atoms with van der Waals surface area (Å²) in [6.45, 7) is 2.14. The van der Waals surface area contributed by atoms with Gasteiger partial charge in [-0.3, -0.25) is 14.9 Å². The lowest BCUT2D eigenvalue weighted by Gasteiger charge is -2.38. The van der Waals surface area contributed by atoms with Crippen LogP contribution in [-0.4, -0.2) is 37.6 Å². The molecule has 2 bridgehead atoms. The minimum absolute atomic E-state index is 0.131. The number of benzene rings is 1. The third-order valence-corrected chi connectivity index (χ3v) is 5.91. The quantitative estimate of drug-likeness (QED) is 0.795. The summed E-state index contributed by atoms with van der Waals surface area (Å²) in [5.74, 6) is -1.64. The number of amides is 2. The highest BCUT2D eigenvalue weighted by Gasteiger charge is 2.44. The van der Waals surface area contributed by atoms with Crippen molar-refractivity contribution in [2.45, 2.75) is 18.2 Å². The topological polar surface area (TPSA) is 83.6 Å². The van der Waals surface area contributed by atoms with Crippen molar-refractivity contribution < 1.29 is 18.0 Å². The fourth-order valence-corrected chi connectivity index (χ4v) is 4.35. The first-order valence-corrected chi connectivity index (χ1v) is 8.23. The predicted molar refractivity (Wildman–Crippen MR) is 74.7 cm³/mol. The Kier molecular flexibility index (Phi) is 3.33. The number of piperidine rings is 2. The van der Waals surface area contributed by atoms with Crippen LogP contribution in [0.5, 0.6) is 0 Å². The van der Waals surface area contributed by atoms with Crippen LogP contribution in [-0.2, 0) is 19.6 Å². The third kappa shape index (κ3) is 2.47. The molecule has 0 radical (unpaired) electrons. The van der Waals surface area contributed by atoms with Crippen LogP contribution in [0.3, 0.4) is 0 Å². The summed E-state index contributed by atoms with van der Waals surface area (Å²) >= 11 is 0. The summed E-state index contributed by atoms with van der Waals surface area (Å²) in [6.07, 6.45) is 0.435. The molecule has 0 aromatic heterocycles. The second kappa shape index (κ2) is 4.92. The van der Waals surface area contributed by atoms with E-state index in [-0.39, 0.29) is 29.8 Å². The number of carbonyl (C=O) groups is 2. The van der Waals surface area contributed by atoms with Gasteiger partial charge in [-0.25, -0.2) is 8.42 Å². The zero-order valence-electron chi connectivity index (χ0n) is 11.6. The van der Waals surface area contributed by atoms with Gasteiger partial charge in [0.1, 0.15) is 0 Å². The lowest BCUT2D eigenvalue weighted by molar-refractivity contribution is -0.142. The van der Waals surface area contributed by atoms with Gasteiger partial charge in [0.05, 0.1) is 16.7 Å². The molecule has 0 aliphatic carbocycles. The lowest BCUT2D eigenvalue weighted by atomic mass is 9.86. The molecule has 2 atom stereocenters. The van der Waals surface area contributed by atoms with Crippen LogP contribution in [0, 0.1) is 18.8 Å². The number of hydrogen-bond acceptors (Lipinski definition) is 4. The standard InChI is InChI=1S/C14H16N2O4S/c1-9-2-4-12(5-3-9)21(19,20)16-7-10-6-11(8-16)14(18)15-13(10)17/h2-5,10-11H,6-8H2,1H3,(H,15,17,18)/t10-,11-/m1/s1. The summed E-state index contributed by atoms with van der Waals surface area (Å²) in [5.41, 5.74) is 0.971. The van der Waals surface area contributed by atoms with Gasteiger partial charge in [0.15, 0.2) is 0 Å². The molecule has 0 spiro atoms. The number of rotatable bonds is 2. The van der Waals surface area contributed by atoms with Gasteiger partial charge in [0, 0.05) is 13.1 Å². The average Bonchev–Trinajstić information content (AvgIpc) is 2.45. The molecular weight excluding hydrogens is 292 g/mol. The maximum Gasteiger partial charge on any atom is 0.243 e. The minimum atomic E-state index is -3.67. The second-order valence-electron chi connectivity index (χ2n) is 5.62. The Labute approximate surface area is 123 Å². The number of imide groups is 1. The summed E-state index contributed by atoms with van der Waals surface area (Å²) in [4.78, 5) is 23.6. The first kappa shape index (κ1) is 14.2. The first-order valence-electron chi connectivity index (χ1n) is 6.79. The van der Waals surface area contributed by atoms with E-state index < -0.39 is 21.9 Å². The van der Waals surface area contributed by atoms with Gasteiger partial charge in [-0.1, -0.05) is 17.7 Å². The minimum Gasteiger partial charge on any atom is -0.296 e. The molecule has 6 nitrogen and oxygen atoms in total. The van der Waals surface area contributed by atoms with Crippen LogP contribution in [0.25, 0.3) is 0 Å². The normalized spacial score (nSPS) is 26.5. The van der Waals surface area contributed by atoms with E-state index in [1.807, 2.05) is 6.92 Å². The van der Waals surface area contributed by atoms with Crippen LogP contribution in [0.15, 0.2) is 29.2 Å². The van der Waals surface area contributed by atoms with Gasteiger partial charge in [-0.05, 0) is 25.5 Å². The van der Waals surface area contributed by atoms with E-state index in [0.717, 1.165) is 5.56 Å². The van der Waals surface area contributed by atoms with Gasteiger partial charge in [-0.15, -0.1) is 0 Å². The highest BCUT2D eigenvalue weighted by Crippen LogP contribution is 2.30. The Morgan fingerprint density at radius 2 is 1.57 bits per heavy atom. The molecular formula is C14H16N2O4S. The number of fused-ring (bicyclic) bond motifs is 2. The Morgan fingerprint density at radius 1 is 1.05 bits per heavy atom. The van der Waals surface area contributed by atoms with Gasteiger partial charge < -0.3 is 0 Å². The van der Waals surface area contributed by atoms with Gasteiger partial charge in [0.2, 0.25) is 21.8 Å². The molecule has 2 fully saturated rings. The average molecular weight is 308 g/mol. The Hall–Kier alpha value is -1.73. The van der Waals surface area contributed by atoms with Crippen LogP contribution < -0.4 is 5.32 Å². The van der Waals surface area contributed by atoms with E-state index in [2.05, 4.69) is 5.32 Å². The Bertz CT molecular complexity index is 674. The summed E-state index contributed by atoms with van der Waals surface area (Å²) in [7, 11) is -3.67. The lowest BCUT2D eigenvalue weighted by Crippen LogP contribution is -2.57. The number of aryl methyl sites for hydroxylation is 1. The van der Waals surface area contributed by atoms with E-state index in [1.165, 1.54) is 4.31 Å². The number of nitrogens with zero attached hydrogens (tertiary/aromatic N) is 1. The smallest absolute Gasteiger partial charge is 0.243 e. The van der Waals surface area contributed by atoms with Gasteiger partial charge in [-0.2, -0.15) is 4.31 Å². The molecule has 2 heterocycles. The number of sulfonamides is 1. The molecule has 3 rings (SSSR count). The SMILES string of the molecule is Cc1ccc(S(=O)(=O)N2C[C@H]3C[C@H](C2)C(=O)NC3=O)cc1. The van der Waals surface area contributed by atoms with E-state index in [0.29, 0.717) is 6.42 Å². The second-order valence-corrected chi connectivity index (χ2v) is 7.56. The maximum atomic E-state index is 12.6. The van der Waals surface area contributed by atoms with E-state index in [4.69, 9.17) is 0 Å². The molecule has 2 aliphatic heterocycles. The highest BCUT2D eigenvalue weighted by atomic mass is 32.2. The molecule has 0 unspecified atom stereocenters. The molecule has 1 aromatic rings. The number of nitrogens with one attached hydrogen (secondary N) is 1. The summed E-state index contributed by atoms with van der Waals surface area (Å²) < 4.78 is 26.5. The molecule has 0 saturated carbocycles. The molecule has 1 N–H and O–H groups in total. The van der Waals surface area contributed by atoms with Gasteiger partial charge in [0.25, 0.3) is 0 Å². The number of carbonyl (C=O) groups excluding carboxylic acids is 2. The maximum absolute atomic E-state index is 12.6. The first-order chi connectivity index (χ1) is 9.88. The summed E-state index contributed by atoms with van der Waals surface area (Å²) in [6, 6.07) is 6.57. The summed E-state index contributed by atoms with van der Waals surface area (Å²) in [5, 5.41) is 2.30. The van der Waals surface area contributed by atoms with Crippen molar-refractivity contribution in [3.05, 3.63) is 29.8 Å². The van der Waals surface area contributed by atoms with Gasteiger partial charge >= 0.3 is 0 Å². The van der Waals surface area contributed by atoms with Crippen molar-refractivity contribution in [2.24, 2.45) is 11.8 Å². The zero-order valence-corrected chi connectivity index (χ0v) is 12.4. The van der Waals surface area contributed by atoms with E-state index in [9.17, 15) is 18.0 Å². The predicted octanol–water partition coefficient (Wildman–Crippen LogP) is 0.278. The molecule has 2 aliphatic rings. The van der Waals surface area contributed by atoms with Crippen molar-refractivity contribution in [3.8, 4) is 0 Å². The fourth-order valence-electron chi connectivity index (χ4n) is 2.82. The van der Waals surface area contributed by atoms with Crippen molar-refractivity contribution in [2.75, 3.05) is 13.1 Å². The molecule has 7 heteroatoms. The van der Waals surface area contributed by atoms with E-state index in [1.54, 1.807) is 24.3 Å². The molecule has 1 aromatic carbocycles. The molecule has 21 heavy (non-hydrogen) atoms. The van der Waals surface area contributed by atoms with E-state index >= 15 is 0 Å². The zero-order chi connectivity index (χ0) is 15.2. The molecule has 2 amide bonds. The molecule has 2 saturated heterocycles. The largest absolute Gasteiger partial charge is 0.296 e.